The molecule has 0 aliphatic rings. The van der Waals surface area contributed by atoms with Gasteiger partial charge in [0.2, 0.25) is 0 Å². The minimum atomic E-state index is -0.402. The fourth-order valence-electron chi connectivity index (χ4n) is 2.91. The molecule has 2 aromatic carbocycles. The summed E-state index contributed by atoms with van der Waals surface area (Å²) in [5.74, 6) is 0.356. The average molecular weight is 375 g/mol. The third-order valence-electron chi connectivity index (χ3n) is 4.37. The average Bonchev–Trinajstić information content (AvgIpc) is 3.14. The Balaban J connectivity index is 1.61. The number of nitrogens with zero attached hydrogens (tertiary/aromatic N) is 5. The van der Waals surface area contributed by atoms with Gasteiger partial charge < -0.3 is 4.74 Å². The van der Waals surface area contributed by atoms with Crippen LogP contribution in [0.4, 0.5) is 0 Å². The molecule has 0 unspecified atom stereocenters. The molecule has 0 radical (unpaired) electrons. The van der Waals surface area contributed by atoms with E-state index in [1.807, 2.05) is 30.3 Å². The highest BCUT2D eigenvalue weighted by Crippen LogP contribution is 2.13. The Morgan fingerprint density at radius 2 is 1.93 bits per heavy atom. The highest BCUT2D eigenvalue weighted by atomic mass is 16.5. The third-order valence-corrected chi connectivity index (χ3v) is 4.37. The van der Waals surface area contributed by atoms with E-state index in [2.05, 4.69) is 15.3 Å². The number of aromatic nitrogens is 5. The van der Waals surface area contributed by atoms with Gasteiger partial charge >= 0.3 is 0 Å². The van der Waals surface area contributed by atoms with E-state index in [4.69, 9.17) is 4.74 Å². The van der Waals surface area contributed by atoms with Crippen LogP contribution in [0, 0.1) is 0 Å². The van der Waals surface area contributed by atoms with Crippen LogP contribution < -0.4 is 10.3 Å². The zero-order valence-corrected chi connectivity index (χ0v) is 15.1. The van der Waals surface area contributed by atoms with Crippen molar-refractivity contribution in [3.63, 3.8) is 0 Å². The largest absolute Gasteiger partial charge is 0.497 e. The molecule has 0 spiro atoms. The summed E-state index contributed by atoms with van der Waals surface area (Å²) in [5.41, 5.74) is 1.60. The SMILES string of the molecule is COc1cccc(C(=O)Cn2cnc3c(nnn3Cc3ccccc3)c2=O)c1. The van der Waals surface area contributed by atoms with Crippen LogP contribution in [0.2, 0.25) is 0 Å². The molecule has 0 saturated heterocycles. The molecule has 0 atom stereocenters. The van der Waals surface area contributed by atoms with Gasteiger partial charge in [0.1, 0.15) is 12.1 Å². The van der Waals surface area contributed by atoms with Crippen molar-refractivity contribution >= 4 is 16.9 Å². The van der Waals surface area contributed by atoms with E-state index in [-0.39, 0.29) is 17.8 Å². The van der Waals surface area contributed by atoms with E-state index < -0.39 is 5.56 Å². The summed E-state index contributed by atoms with van der Waals surface area (Å²) < 4.78 is 7.95. The second kappa shape index (κ2) is 7.43. The van der Waals surface area contributed by atoms with Crippen LogP contribution >= 0.6 is 0 Å². The van der Waals surface area contributed by atoms with Crippen LogP contribution in [-0.2, 0) is 13.1 Å². The fraction of sp³-hybridized carbons (Fsp3) is 0.150. The molecule has 2 heterocycles. The first-order valence-electron chi connectivity index (χ1n) is 8.65. The molecule has 140 valence electrons. The Morgan fingerprint density at radius 1 is 1.11 bits per heavy atom. The van der Waals surface area contributed by atoms with Crippen LogP contribution in [0.3, 0.4) is 0 Å². The Morgan fingerprint density at radius 3 is 2.71 bits per heavy atom. The van der Waals surface area contributed by atoms with Gasteiger partial charge in [-0.3, -0.25) is 14.2 Å². The van der Waals surface area contributed by atoms with E-state index >= 15 is 0 Å². The number of ketones is 1. The Hall–Kier alpha value is -3.81. The Labute approximate surface area is 160 Å². The lowest BCUT2D eigenvalue weighted by atomic mass is 10.1. The number of ether oxygens (including phenoxy) is 1. The van der Waals surface area contributed by atoms with Crippen molar-refractivity contribution in [3.05, 3.63) is 82.4 Å². The summed E-state index contributed by atoms with van der Waals surface area (Å²) in [5, 5.41) is 8.01. The highest BCUT2D eigenvalue weighted by molar-refractivity contribution is 5.96. The first-order valence-corrected chi connectivity index (χ1v) is 8.65. The molecule has 28 heavy (non-hydrogen) atoms. The van der Waals surface area contributed by atoms with Gasteiger partial charge in [-0.05, 0) is 17.7 Å². The van der Waals surface area contributed by atoms with Crippen LogP contribution in [0.15, 0.2) is 65.7 Å². The zero-order valence-electron chi connectivity index (χ0n) is 15.1. The number of fused-ring (bicyclic) bond motifs is 1. The molecule has 0 amide bonds. The third kappa shape index (κ3) is 3.39. The molecule has 0 N–H and O–H groups in total. The van der Waals surface area contributed by atoms with Crippen molar-refractivity contribution in [2.75, 3.05) is 7.11 Å². The lowest BCUT2D eigenvalue weighted by Gasteiger charge is -2.06. The van der Waals surface area contributed by atoms with E-state index in [0.29, 0.717) is 23.5 Å². The van der Waals surface area contributed by atoms with Crippen molar-refractivity contribution in [2.45, 2.75) is 13.1 Å². The number of benzene rings is 2. The maximum Gasteiger partial charge on any atom is 0.283 e. The zero-order chi connectivity index (χ0) is 19.5. The maximum absolute atomic E-state index is 12.7. The molecule has 2 aromatic heterocycles. The summed E-state index contributed by atoms with van der Waals surface area (Å²) in [6.45, 7) is 0.316. The minimum Gasteiger partial charge on any atom is -0.497 e. The van der Waals surface area contributed by atoms with Crippen molar-refractivity contribution in [1.29, 1.82) is 0 Å². The molecule has 0 aliphatic heterocycles. The molecular formula is C20H17N5O3. The monoisotopic (exact) mass is 375 g/mol. The molecule has 8 heteroatoms. The number of methoxy groups -OCH3 is 1. The quantitative estimate of drug-likeness (QED) is 0.478. The maximum atomic E-state index is 12.7. The number of rotatable bonds is 6. The molecule has 4 aromatic rings. The molecule has 0 aliphatic carbocycles. The number of carbonyl (C=O) groups excluding carboxylic acids is 1. The minimum absolute atomic E-state index is 0.136. The van der Waals surface area contributed by atoms with E-state index in [1.54, 1.807) is 28.9 Å². The predicted molar refractivity (Wildman–Crippen MR) is 102 cm³/mol. The normalized spacial score (nSPS) is 10.9. The molecule has 8 nitrogen and oxygen atoms in total. The number of Topliss-reactive ketones (excluding diaryl/α,β-unsaturated/α-hetero) is 1. The van der Waals surface area contributed by atoms with Crippen LogP contribution in [0.1, 0.15) is 15.9 Å². The Kier molecular flexibility index (Phi) is 4.67. The first kappa shape index (κ1) is 17.6. The summed E-state index contributed by atoms with van der Waals surface area (Å²) >= 11 is 0. The van der Waals surface area contributed by atoms with Crippen molar-refractivity contribution < 1.29 is 9.53 Å². The topological polar surface area (TPSA) is 91.9 Å². The van der Waals surface area contributed by atoms with Gasteiger partial charge in [0, 0.05) is 5.56 Å². The molecular weight excluding hydrogens is 358 g/mol. The van der Waals surface area contributed by atoms with Gasteiger partial charge in [0.25, 0.3) is 5.56 Å². The smallest absolute Gasteiger partial charge is 0.283 e. The van der Waals surface area contributed by atoms with Crippen molar-refractivity contribution in [2.24, 2.45) is 0 Å². The first-order chi connectivity index (χ1) is 13.7. The predicted octanol–water partition coefficient (Wildman–Crippen LogP) is 1.93. The summed E-state index contributed by atoms with van der Waals surface area (Å²) in [6, 6.07) is 16.5. The summed E-state index contributed by atoms with van der Waals surface area (Å²) in [6.07, 6.45) is 1.35. The van der Waals surface area contributed by atoms with Crippen LogP contribution in [0.5, 0.6) is 5.75 Å². The van der Waals surface area contributed by atoms with Crippen molar-refractivity contribution in [1.82, 2.24) is 24.5 Å². The Bertz CT molecular complexity index is 1200. The number of hydrogen-bond donors (Lipinski definition) is 0. The standard InChI is InChI=1S/C20H17N5O3/c1-28-16-9-5-8-15(10-16)17(26)12-24-13-21-19-18(20(24)27)22-23-25(19)11-14-6-3-2-4-7-14/h2-10,13H,11-12H2,1H3. The van der Waals surface area contributed by atoms with Gasteiger partial charge in [0.05, 0.1) is 20.2 Å². The van der Waals surface area contributed by atoms with Crippen LogP contribution in [-0.4, -0.2) is 37.4 Å². The number of hydrogen-bond acceptors (Lipinski definition) is 6. The van der Waals surface area contributed by atoms with E-state index in [9.17, 15) is 9.59 Å². The summed E-state index contributed by atoms with van der Waals surface area (Å²) in [4.78, 5) is 29.5. The fourth-order valence-corrected chi connectivity index (χ4v) is 2.91. The second-order valence-electron chi connectivity index (χ2n) is 6.24. The van der Waals surface area contributed by atoms with E-state index in [0.717, 1.165) is 5.56 Å². The van der Waals surface area contributed by atoms with Gasteiger partial charge in [-0.2, -0.15) is 0 Å². The molecule has 0 saturated carbocycles. The summed E-state index contributed by atoms with van der Waals surface area (Å²) in [7, 11) is 1.53. The van der Waals surface area contributed by atoms with Gasteiger partial charge in [-0.15, -0.1) is 5.10 Å². The molecule has 0 fully saturated rings. The van der Waals surface area contributed by atoms with Crippen molar-refractivity contribution in [3.8, 4) is 5.75 Å². The molecule has 0 bridgehead atoms. The van der Waals surface area contributed by atoms with Crippen LogP contribution in [0.25, 0.3) is 11.2 Å². The molecule has 4 rings (SSSR count). The van der Waals surface area contributed by atoms with Gasteiger partial charge in [-0.1, -0.05) is 47.7 Å². The van der Waals surface area contributed by atoms with E-state index in [1.165, 1.54) is 18.0 Å². The lowest BCUT2D eigenvalue weighted by molar-refractivity contribution is 0.0970. The number of carbonyl (C=O) groups is 1. The highest BCUT2D eigenvalue weighted by Gasteiger charge is 2.15. The van der Waals surface area contributed by atoms with Gasteiger partial charge in [0.15, 0.2) is 16.9 Å². The lowest BCUT2D eigenvalue weighted by Crippen LogP contribution is -2.25. The van der Waals surface area contributed by atoms with Gasteiger partial charge in [-0.25, -0.2) is 9.67 Å². The second-order valence-corrected chi connectivity index (χ2v) is 6.24.